The Morgan fingerprint density at radius 1 is 1.57 bits per heavy atom. The van der Waals surface area contributed by atoms with Gasteiger partial charge in [-0.3, -0.25) is 4.79 Å². The minimum Gasteiger partial charge on any atom is -0.340 e. The first kappa shape index (κ1) is 12.0. The quantitative estimate of drug-likeness (QED) is 0.690. The Bertz CT molecular complexity index is 327. The van der Waals surface area contributed by atoms with Crippen molar-refractivity contribution in [2.75, 3.05) is 19.3 Å². The lowest BCUT2D eigenvalue weighted by atomic mass is 10.4. The zero-order chi connectivity index (χ0) is 10.9. The summed E-state index contributed by atoms with van der Waals surface area (Å²) in [6, 6.07) is 0. The van der Waals surface area contributed by atoms with E-state index in [2.05, 4.69) is 15.9 Å². The largest absolute Gasteiger partial charge is 0.340 e. The number of likely N-dealkylation sites (tertiary alicyclic amines) is 1. The van der Waals surface area contributed by atoms with Gasteiger partial charge in [-0.15, -0.1) is 0 Å². The molecule has 0 saturated carbocycles. The number of carbonyl (C=O) groups excluding carboxylic acids is 1. The van der Waals surface area contributed by atoms with Crippen LogP contribution in [0.4, 0.5) is 0 Å². The lowest BCUT2D eigenvalue weighted by Crippen LogP contribution is -2.40. The van der Waals surface area contributed by atoms with Crippen LogP contribution in [0.5, 0.6) is 0 Å². The van der Waals surface area contributed by atoms with Crippen molar-refractivity contribution in [3.8, 4) is 0 Å². The number of amides is 1. The van der Waals surface area contributed by atoms with Gasteiger partial charge in [-0.1, -0.05) is 15.9 Å². The number of rotatable bonds is 2. The summed E-state index contributed by atoms with van der Waals surface area (Å²) in [6.07, 6.45) is 1.99. The molecule has 0 aromatic heterocycles. The SMILES string of the molecule is CC(C(=O)N1CCC(Br)C1)S(C)(=O)=O. The first-order chi connectivity index (χ1) is 6.32. The van der Waals surface area contributed by atoms with Crippen LogP contribution in [-0.4, -0.2) is 48.6 Å². The molecule has 0 radical (unpaired) electrons. The van der Waals surface area contributed by atoms with Crippen LogP contribution < -0.4 is 0 Å². The van der Waals surface area contributed by atoms with Gasteiger partial charge in [-0.05, 0) is 13.3 Å². The minimum absolute atomic E-state index is 0.283. The van der Waals surface area contributed by atoms with E-state index >= 15 is 0 Å². The van der Waals surface area contributed by atoms with Crippen LogP contribution in [0, 0.1) is 0 Å². The number of halogens is 1. The van der Waals surface area contributed by atoms with Gasteiger partial charge in [0.25, 0.3) is 0 Å². The van der Waals surface area contributed by atoms with E-state index in [1.807, 2.05) is 0 Å². The molecule has 82 valence electrons. The predicted molar refractivity (Wildman–Crippen MR) is 58.2 cm³/mol. The average Bonchev–Trinajstić information content (AvgIpc) is 2.47. The fourth-order valence-electron chi connectivity index (χ4n) is 1.36. The van der Waals surface area contributed by atoms with Crippen molar-refractivity contribution in [1.82, 2.24) is 4.90 Å². The van der Waals surface area contributed by atoms with Gasteiger partial charge in [0.05, 0.1) is 0 Å². The van der Waals surface area contributed by atoms with Gasteiger partial charge in [-0.2, -0.15) is 0 Å². The van der Waals surface area contributed by atoms with E-state index in [0.29, 0.717) is 17.9 Å². The smallest absolute Gasteiger partial charge is 0.240 e. The van der Waals surface area contributed by atoms with Crippen molar-refractivity contribution in [3.05, 3.63) is 0 Å². The van der Waals surface area contributed by atoms with Crippen molar-refractivity contribution >= 4 is 31.7 Å². The molecule has 0 spiro atoms. The molecule has 4 nitrogen and oxygen atoms in total. The highest BCUT2D eigenvalue weighted by molar-refractivity contribution is 9.09. The lowest BCUT2D eigenvalue weighted by molar-refractivity contribution is -0.129. The predicted octanol–water partition coefficient (Wildman–Crippen LogP) is 0.415. The van der Waals surface area contributed by atoms with Crippen LogP contribution in [0.25, 0.3) is 0 Å². The van der Waals surface area contributed by atoms with Crippen LogP contribution in [-0.2, 0) is 14.6 Å². The summed E-state index contributed by atoms with van der Waals surface area (Å²) >= 11 is 3.40. The van der Waals surface area contributed by atoms with Gasteiger partial charge in [0.1, 0.15) is 5.25 Å². The number of hydrogen-bond donors (Lipinski definition) is 0. The molecule has 0 aromatic rings. The van der Waals surface area contributed by atoms with Gasteiger partial charge < -0.3 is 4.90 Å². The van der Waals surface area contributed by atoms with Crippen LogP contribution in [0.1, 0.15) is 13.3 Å². The first-order valence-electron chi connectivity index (χ1n) is 4.44. The second-order valence-corrected chi connectivity index (χ2v) is 7.30. The molecule has 1 amide bonds. The Kier molecular flexibility index (Phi) is 3.58. The van der Waals surface area contributed by atoms with Crippen molar-refractivity contribution in [2.24, 2.45) is 0 Å². The molecule has 6 heteroatoms. The molecular weight excluding hydrogens is 270 g/mol. The Morgan fingerprint density at radius 2 is 2.14 bits per heavy atom. The van der Waals surface area contributed by atoms with Crippen molar-refractivity contribution in [2.45, 2.75) is 23.4 Å². The van der Waals surface area contributed by atoms with E-state index in [4.69, 9.17) is 0 Å². The third-order valence-corrected chi connectivity index (χ3v) is 4.67. The summed E-state index contributed by atoms with van der Waals surface area (Å²) in [5, 5.41) is -0.916. The monoisotopic (exact) mass is 283 g/mol. The maximum Gasteiger partial charge on any atom is 0.240 e. The van der Waals surface area contributed by atoms with E-state index in [-0.39, 0.29) is 5.91 Å². The molecule has 1 aliphatic heterocycles. The summed E-state index contributed by atoms with van der Waals surface area (Å²) < 4.78 is 22.3. The molecule has 2 atom stereocenters. The topological polar surface area (TPSA) is 54.5 Å². The molecule has 0 aliphatic carbocycles. The zero-order valence-corrected chi connectivity index (χ0v) is 10.6. The average molecular weight is 284 g/mol. The number of sulfone groups is 1. The van der Waals surface area contributed by atoms with Crippen molar-refractivity contribution in [3.63, 3.8) is 0 Å². The molecule has 14 heavy (non-hydrogen) atoms. The highest BCUT2D eigenvalue weighted by atomic mass is 79.9. The molecule has 1 saturated heterocycles. The van der Waals surface area contributed by atoms with E-state index in [0.717, 1.165) is 12.7 Å². The van der Waals surface area contributed by atoms with Crippen molar-refractivity contribution < 1.29 is 13.2 Å². The lowest BCUT2D eigenvalue weighted by Gasteiger charge is -2.19. The minimum atomic E-state index is -3.26. The number of hydrogen-bond acceptors (Lipinski definition) is 3. The maximum atomic E-state index is 11.7. The number of alkyl halides is 1. The molecule has 0 N–H and O–H groups in total. The highest BCUT2D eigenvalue weighted by Crippen LogP contribution is 2.18. The fourth-order valence-corrected chi connectivity index (χ4v) is 2.43. The summed E-state index contributed by atoms with van der Waals surface area (Å²) in [4.78, 5) is 13.6. The molecule has 1 aliphatic rings. The first-order valence-corrected chi connectivity index (χ1v) is 7.31. The summed E-state index contributed by atoms with van der Waals surface area (Å²) in [7, 11) is -3.26. The summed E-state index contributed by atoms with van der Waals surface area (Å²) in [6.45, 7) is 2.70. The van der Waals surface area contributed by atoms with Gasteiger partial charge in [0, 0.05) is 24.2 Å². The second kappa shape index (κ2) is 4.18. The van der Waals surface area contributed by atoms with E-state index in [1.165, 1.54) is 6.92 Å². The Morgan fingerprint density at radius 3 is 2.50 bits per heavy atom. The van der Waals surface area contributed by atoms with Crippen LogP contribution >= 0.6 is 15.9 Å². The second-order valence-electron chi connectivity index (χ2n) is 3.64. The Hall–Kier alpha value is -0.100. The molecule has 1 rings (SSSR count). The zero-order valence-electron chi connectivity index (χ0n) is 8.23. The third kappa shape index (κ3) is 2.70. The molecule has 1 fully saturated rings. The molecule has 0 aromatic carbocycles. The molecule has 0 bridgehead atoms. The van der Waals surface area contributed by atoms with Gasteiger partial charge in [0.2, 0.25) is 5.91 Å². The molecular formula is C8H14BrNO3S. The molecule has 1 heterocycles. The summed E-state index contributed by atoms with van der Waals surface area (Å²) in [5.74, 6) is -0.283. The van der Waals surface area contributed by atoms with Crippen LogP contribution in [0.3, 0.4) is 0 Å². The molecule has 2 unspecified atom stereocenters. The maximum absolute atomic E-state index is 11.7. The standard InChI is InChI=1S/C8H14BrNO3S/c1-6(14(2,12)13)8(11)10-4-3-7(9)5-10/h6-7H,3-5H2,1-2H3. The van der Waals surface area contributed by atoms with Gasteiger partial charge >= 0.3 is 0 Å². The third-order valence-electron chi connectivity index (χ3n) is 2.43. The van der Waals surface area contributed by atoms with E-state index in [9.17, 15) is 13.2 Å². The summed E-state index contributed by atoms with van der Waals surface area (Å²) in [5.41, 5.74) is 0. The Labute approximate surface area is 92.7 Å². The van der Waals surface area contributed by atoms with Crippen LogP contribution in [0.15, 0.2) is 0 Å². The van der Waals surface area contributed by atoms with E-state index in [1.54, 1.807) is 4.90 Å². The van der Waals surface area contributed by atoms with Gasteiger partial charge in [-0.25, -0.2) is 8.42 Å². The number of carbonyl (C=O) groups is 1. The highest BCUT2D eigenvalue weighted by Gasteiger charge is 2.32. The van der Waals surface area contributed by atoms with Crippen LogP contribution in [0.2, 0.25) is 0 Å². The normalized spacial score (nSPS) is 25.1. The number of nitrogens with zero attached hydrogens (tertiary/aromatic N) is 1. The van der Waals surface area contributed by atoms with Crippen molar-refractivity contribution in [1.29, 1.82) is 0 Å². The van der Waals surface area contributed by atoms with E-state index < -0.39 is 15.1 Å². The Balaban J connectivity index is 2.67. The van der Waals surface area contributed by atoms with Gasteiger partial charge in [0.15, 0.2) is 9.84 Å². The fraction of sp³-hybridized carbons (Fsp3) is 0.875.